The van der Waals surface area contributed by atoms with Crippen LogP contribution >= 0.6 is 0 Å². The summed E-state index contributed by atoms with van der Waals surface area (Å²) in [5, 5.41) is 0. The van der Waals surface area contributed by atoms with Crippen LogP contribution in [0.5, 0.6) is 0 Å². The number of carbonyl (C=O) groups is 1. The van der Waals surface area contributed by atoms with Crippen molar-refractivity contribution in [1.29, 1.82) is 0 Å². The predicted octanol–water partition coefficient (Wildman–Crippen LogP) is 2.84. The van der Waals surface area contributed by atoms with Crippen molar-refractivity contribution in [3.8, 4) is 11.1 Å². The van der Waals surface area contributed by atoms with Crippen molar-refractivity contribution >= 4 is 5.97 Å². The number of aromatic nitrogens is 1. The molecule has 0 amide bonds. The minimum atomic E-state index is -0.332. The average molecular weight is 227 g/mol. The van der Waals surface area contributed by atoms with E-state index in [1.54, 1.807) is 12.3 Å². The third kappa shape index (κ3) is 2.33. The fourth-order valence-corrected chi connectivity index (χ4v) is 1.65. The Labute approximate surface area is 100 Å². The van der Waals surface area contributed by atoms with Crippen LogP contribution in [0.4, 0.5) is 0 Å². The molecule has 0 fully saturated rings. The number of hydrogen-bond acceptors (Lipinski definition) is 3. The molecule has 0 aliphatic carbocycles. The summed E-state index contributed by atoms with van der Waals surface area (Å²) in [5.41, 5.74) is 3.26. The zero-order chi connectivity index (χ0) is 12.3. The van der Waals surface area contributed by atoms with E-state index >= 15 is 0 Å². The van der Waals surface area contributed by atoms with Crippen molar-refractivity contribution in [3.63, 3.8) is 0 Å². The first-order chi connectivity index (χ1) is 8.22. The van der Waals surface area contributed by atoms with E-state index in [1.807, 2.05) is 37.3 Å². The van der Waals surface area contributed by atoms with Crippen LogP contribution in [0.25, 0.3) is 11.1 Å². The molecular formula is C14H13NO2. The highest BCUT2D eigenvalue weighted by atomic mass is 16.5. The Morgan fingerprint density at radius 1 is 1.18 bits per heavy atom. The Bertz CT molecular complexity index is 532. The number of ether oxygens (including phenoxy) is 1. The van der Waals surface area contributed by atoms with Crippen LogP contribution in [-0.4, -0.2) is 18.1 Å². The van der Waals surface area contributed by atoms with Crippen molar-refractivity contribution in [3.05, 3.63) is 53.9 Å². The van der Waals surface area contributed by atoms with E-state index in [9.17, 15) is 4.79 Å². The minimum Gasteiger partial charge on any atom is -0.465 e. The number of carbonyl (C=O) groups excluding carboxylic acids is 1. The van der Waals surface area contributed by atoms with Gasteiger partial charge in [-0.3, -0.25) is 4.98 Å². The van der Waals surface area contributed by atoms with E-state index in [1.165, 1.54) is 7.11 Å². The lowest BCUT2D eigenvalue weighted by Gasteiger charge is -2.07. The molecule has 3 nitrogen and oxygen atoms in total. The lowest BCUT2D eigenvalue weighted by atomic mass is 10.0. The Morgan fingerprint density at radius 3 is 2.59 bits per heavy atom. The van der Waals surface area contributed by atoms with Gasteiger partial charge in [0.15, 0.2) is 0 Å². The van der Waals surface area contributed by atoms with Gasteiger partial charge in [-0.25, -0.2) is 4.79 Å². The smallest absolute Gasteiger partial charge is 0.338 e. The number of hydrogen-bond donors (Lipinski definition) is 0. The summed E-state index contributed by atoms with van der Waals surface area (Å²) in [4.78, 5) is 15.9. The fourth-order valence-electron chi connectivity index (χ4n) is 1.65. The third-order valence-corrected chi connectivity index (χ3v) is 2.55. The fraction of sp³-hybridized carbons (Fsp3) is 0.143. The van der Waals surface area contributed by atoms with Gasteiger partial charge in [0.05, 0.1) is 12.7 Å². The second-order valence-corrected chi connectivity index (χ2v) is 3.73. The van der Waals surface area contributed by atoms with E-state index in [4.69, 9.17) is 4.74 Å². The molecule has 1 aromatic heterocycles. The Morgan fingerprint density at radius 2 is 1.94 bits per heavy atom. The molecule has 0 bridgehead atoms. The van der Waals surface area contributed by atoms with Gasteiger partial charge in [0.25, 0.3) is 0 Å². The number of methoxy groups -OCH3 is 1. The quantitative estimate of drug-likeness (QED) is 0.740. The summed E-state index contributed by atoms with van der Waals surface area (Å²) < 4.78 is 4.76. The van der Waals surface area contributed by atoms with Crippen molar-refractivity contribution in [2.45, 2.75) is 6.92 Å². The molecule has 0 saturated heterocycles. The first-order valence-electron chi connectivity index (χ1n) is 5.33. The van der Waals surface area contributed by atoms with Crippen LogP contribution < -0.4 is 0 Å². The molecule has 86 valence electrons. The molecule has 2 rings (SSSR count). The van der Waals surface area contributed by atoms with Gasteiger partial charge in [-0.1, -0.05) is 24.3 Å². The highest BCUT2D eigenvalue weighted by Crippen LogP contribution is 2.23. The normalized spacial score (nSPS) is 10.0. The van der Waals surface area contributed by atoms with Gasteiger partial charge < -0.3 is 4.74 Å². The molecule has 17 heavy (non-hydrogen) atoms. The van der Waals surface area contributed by atoms with Crippen molar-refractivity contribution in [2.75, 3.05) is 7.11 Å². The highest BCUT2D eigenvalue weighted by molar-refractivity contribution is 5.97. The monoisotopic (exact) mass is 227 g/mol. The molecule has 0 aliphatic heterocycles. The Hall–Kier alpha value is -2.16. The van der Waals surface area contributed by atoms with Gasteiger partial charge in [-0.15, -0.1) is 0 Å². The average Bonchev–Trinajstić information content (AvgIpc) is 2.39. The third-order valence-electron chi connectivity index (χ3n) is 2.55. The van der Waals surface area contributed by atoms with Crippen LogP contribution in [0.1, 0.15) is 16.1 Å². The SMILES string of the molecule is COC(=O)c1ccccc1-c1ccc(C)nc1. The molecule has 3 heteroatoms. The first kappa shape index (κ1) is 11.3. The second kappa shape index (κ2) is 4.78. The standard InChI is InChI=1S/C14H13NO2/c1-10-7-8-11(9-15-10)12-5-3-4-6-13(12)14(16)17-2/h3-9H,1-2H3. The molecule has 0 aliphatic rings. The summed E-state index contributed by atoms with van der Waals surface area (Å²) >= 11 is 0. The molecule has 1 aromatic carbocycles. The number of esters is 1. The van der Waals surface area contributed by atoms with Gasteiger partial charge in [-0.05, 0) is 24.6 Å². The number of benzene rings is 1. The maximum absolute atomic E-state index is 11.6. The zero-order valence-corrected chi connectivity index (χ0v) is 9.81. The maximum Gasteiger partial charge on any atom is 0.338 e. The van der Waals surface area contributed by atoms with E-state index in [-0.39, 0.29) is 5.97 Å². The topological polar surface area (TPSA) is 39.2 Å². The lowest BCUT2D eigenvalue weighted by molar-refractivity contribution is 0.0601. The van der Waals surface area contributed by atoms with Crippen LogP contribution in [0, 0.1) is 6.92 Å². The van der Waals surface area contributed by atoms with Gasteiger partial charge in [-0.2, -0.15) is 0 Å². The molecule has 0 radical (unpaired) electrons. The Kier molecular flexibility index (Phi) is 3.19. The van der Waals surface area contributed by atoms with Gasteiger partial charge in [0.2, 0.25) is 0 Å². The molecule has 0 atom stereocenters. The van der Waals surface area contributed by atoms with Crippen molar-refractivity contribution in [1.82, 2.24) is 4.98 Å². The minimum absolute atomic E-state index is 0.332. The number of rotatable bonds is 2. The van der Waals surface area contributed by atoms with Crippen LogP contribution in [0.15, 0.2) is 42.6 Å². The Balaban J connectivity index is 2.51. The first-order valence-corrected chi connectivity index (χ1v) is 5.33. The molecule has 0 unspecified atom stereocenters. The van der Waals surface area contributed by atoms with Crippen LogP contribution in [0.3, 0.4) is 0 Å². The van der Waals surface area contributed by atoms with Gasteiger partial charge in [0.1, 0.15) is 0 Å². The zero-order valence-electron chi connectivity index (χ0n) is 9.81. The van der Waals surface area contributed by atoms with E-state index in [2.05, 4.69) is 4.98 Å². The van der Waals surface area contributed by atoms with E-state index < -0.39 is 0 Å². The summed E-state index contributed by atoms with van der Waals surface area (Å²) in [6.07, 6.45) is 1.76. The van der Waals surface area contributed by atoms with Crippen LogP contribution in [-0.2, 0) is 4.74 Å². The molecule has 0 N–H and O–H groups in total. The summed E-state index contributed by atoms with van der Waals surface area (Å²) in [7, 11) is 1.38. The molecule has 0 saturated carbocycles. The summed E-state index contributed by atoms with van der Waals surface area (Å²) in [5.74, 6) is -0.332. The largest absolute Gasteiger partial charge is 0.465 e. The lowest BCUT2D eigenvalue weighted by Crippen LogP contribution is -2.03. The van der Waals surface area contributed by atoms with Gasteiger partial charge in [0, 0.05) is 17.5 Å². The predicted molar refractivity (Wildman–Crippen MR) is 65.7 cm³/mol. The number of aryl methyl sites for hydroxylation is 1. The van der Waals surface area contributed by atoms with Crippen LogP contribution in [0.2, 0.25) is 0 Å². The molecular weight excluding hydrogens is 214 g/mol. The van der Waals surface area contributed by atoms with Gasteiger partial charge >= 0.3 is 5.97 Å². The number of nitrogens with zero attached hydrogens (tertiary/aromatic N) is 1. The molecule has 2 aromatic rings. The van der Waals surface area contributed by atoms with E-state index in [0.717, 1.165) is 16.8 Å². The highest BCUT2D eigenvalue weighted by Gasteiger charge is 2.12. The second-order valence-electron chi connectivity index (χ2n) is 3.73. The maximum atomic E-state index is 11.6. The molecule has 1 heterocycles. The summed E-state index contributed by atoms with van der Waals surface area (Å²) in [6, 6.07) is 11.2. The molecule has 0 spiro atoms. The van der Waals surface area contributed by atoms with Crippen molar-refractivity contribution < 1.29 is 9.53 Å². The van der Waals surface area contributed by atoms with E-state index in [0.29, 0.717) is 5.56 Å². The number of pyridine rings is 1. The summed E-state index contributed by atoms with van der Waals surface area (Å²) in [6.45, 7) is 1.93. The van der Waals surface area contributed by atoms with Crippen molar-refractivity contribution in [2.24, 2.45) is 0 Å².